The highest BCUT2D eigenvalue weighted by Crippen LogP contribution is 2.36. The topological polar surface area (TPSA) is 84.0 Å². The Morgan fingerprint density at radius 3 is 2.70 bits per heavy atom. The Kier molecular flexibility index (Phi) is 6.53. The molecule has 0 bridgehead atoms. The molecule has 0 N–H and O–H groups in total. The summed E-state index contributed by atoms with van der Waals surface area (Å²) in [4.78, 5) is 26.3. The number of benzene rings is 2. The van der Waals surface area contributed by atoms with E-state index < -0.39 is 22.6 Å². The Bertz CT molecular complexity index is 1270. The van der Waals surface area contributed by atoms with Crippen LogP contribution in [0.15, 0.2) is 70.3 Å². The Hall–Kier alpha value is -3.17. The van der Waals surface area contributed by atoms with Crippen LogP contribution in [0.5, 0.6) is 0 Å². The molecule has 1 amide bonds. The summed E-state index contributed by atoms with van der Waals surface area (Å²) >= 11 is 1.54. The van der Waals surface area contributed by atoms with Crippen molar-refractivity contribution in [2.45, 2.75) is 30.8 Å². The van der Waals surface area contributed by atoms with Gasteiger partial charge in [-0.25, -0.2) is 13.2 Å². The second-order valence-corrected chi connectivity index (χ2v) is 10.6. The lowest BCUT2D eigenvalue weighted by Gasteiger charge is -2.24. The Morgan fingerprint density at radius 1 is 1.15 bits per heavy atom. The van der Waals surface area contributed by atoms with E-state index in [-0.39, 0.29) is 22.4 Å². The van der Waals surface area contributed by atoms with Crippen LogP contribution in [0.4, 0.5) is 5.69 Å². The van der Waals surface area contributed by atoms with Gasteiger partial charge in [0, 0.05) is 19.6 Å². The fourth-order valence-corrected chi connectivity index (χ4v) is 6.26. The van der Waals surface area contributed by atoms with Gasteiger partial charge in [0.25, 0.3) is 15.9 Å². The molecule has 1 aliphatic heterocycles. The second kappa shape index (κ2) is 9.36. The number of sulfonamides is 1. The number of carbonyl (C=O) groups excluding carboxylic acids is 2. The third-order valence-electron chi connectivity index (χ3n) is 5.52. The molecule has 0 unspecified atom stereocenters. The van der Waals surface area contributed by atoms with E-state index in [1.165, 1.54) is 33.5 Å². The molecule has 3 aromatic rings. The summed E-state index contributed by atoms with van der Waals surface area (Å²) in [5, 5.41) is 3.87. The number of rotatable bonds is 7. The second-order valence-electron chi connectivity index (χ2n) is 7.97. The summed E-state index contributed by atoms with van der Waals surface area (Å²) in [5.74, 6) is -1.10. The average Bonchev–Trinajstić information content (AvgIpc) is 3.43. The normalized spacial score (nSPS) is 15.2. The number of hydrogen-bond acceptors (Lipinski definition) is 6. The molecule has 33 heavy (non-hydrogen) atoms. The van der Waals surface area contributed by atoms with Gasteiger partial charge in [-0.2, -0.15) is 11.3 Å². The van der Waals surface area contributed by atoms with Crippen LogP contribution in [0.3, 0.4) is 0 Å². The number of nitrogens with zero attached hydrogens (tertiary/aromatic N) is 2. The Balaban J connectivity index is 1.46. The van der Waals surface area contributed by atoms with Gasteiger partial charge >= 0.3 is 5.97 Å². The van der Waals surface area contributed by atoms with Crippen molar-refractivity contribution in [3.05, 3.63) is 82.0 Å². The highest BCUT2D eigenvalue weighted by Gasteiger charge is 2.36. The van der Waals surface area contributed by atoms with Gasteiger partial charge < -0.3 is 9.64 Å². The molecule has 0 saturated heterocycles. The molecule has 4 rings (SSSR count). The zero-order chi connectivity index (χ0) is 23.6. The summed E-state index contributed by atoms with van der Waals surface area (Å²) in [5.41, 5.74) is 2.69. The minimum Gasteiger partial charge on any atom is -0.452 e. The number of esters is 1. The summed E-state index contributed by atoms with van der Waals surface area (Å²) in [7, 11) is -2.24. The Morgan fingerprint density at radius 2 is 1.94 bits per heavy atom. The van der Waals surface area contributed by atoms with Gasteiger partial charge in [-0.15, -0.1) is 0 Å². The van der Waals surface area contributed by atoms with E-state index in [2.05, 4.69) is 0 Å². The predicted molar refractivity (Wildman–Crippen MR) is 127 cm³/mol. The lowest BCUT2D eigenvalue weighted by atomic mass is 10.1. The first-order valence-electron chi connectivity index (χ1n) is 10.4. The van der Waals surface area contributed by atoms with Crippen molar-refractivity contribution >= 4 is 38.9 Å². The molecule has 1 aliphatic rings. The van der Waals surface area contributed by atoms with Crippen molar-refractivity contribution in [2.75, 3.05) is 18.0 Å². The SMILES string of the molecule is C[C@@H]1Cc2ccccc2N1S(=O)(=O)c1cccc(C(=O)OCC(=O)N(C)Cc2ccsc2)c1. The summed E-state index contributed by atoms with van der Waals surface area (Å²) < 4.78 is 33.4. The fourth-order valence-electron chi connectivity index (χ4n) is 3.87. The minimum absolute atomic E-state index is 0.00130. The van der Waals surface area contributed by atoms with E-state index in [9.17, 15) is 18.0 Å². The van der Waals surface area contributed by atoms with Crippen LogP contribution >= 0.6 is 11.3 Å². The highest BCUT2D eigenvalue weighted by molar-refractivity contribution is 7.92. The van der Waals surface area contributed by atoms with Gasteiger partial charge in [0.05, 0.1) is 16.1 Å². The summed E-state index contributed by atoms with van der Waals surface area (Å²) in [6.07, 6.45) is 0.623. The molecule has 0 radical (unpaired) electrons. The smallest absolute Gasteiger partial charge is 0.338 e. The lowest BCUT2D eigenvalue weighted by molar-refractivity contribution is -0.133. The first-order valence-corrected chi connectivity index (χ1v) is 12.8. The first-order chi connectivity index (χ1) is 15.8. The minimum atomic E-state index is -3.88. The number of amides is 1. The number of carbonyl (C=O) groups is 2. The largest absolute Gasteiger partial charge is 0.452 e. The van der Waals surface area contributed by atoms with Gasteiger partial charge in [-0.1, -0.05) is 24.3 Å². The zero-order valence-corrected chi connectivity index (χ0v) is 19.9. The van der Waals surface area contributed by atoms with Gasteiger partial charge in [0.15, 0.2) is 6.61 Å². The van der Waals surface area contributed by atoms with E-state index >= 15 is 0 Å². The fraction of sp³-hybridized carbons (Fsp3) is 0.250. The zero-order valence-electron chi connectivity index (χ0n) is 18.3. The van der Waals surface area contributed by atoms with Crippen molar-refractivity contribution in [1.82, 2.24) is 4.90 Å². The van der Waals surface area contributed by atoms with E-state index in [1.54, 1.807) is 30.5 Å². The standard InChI is InChI=1S/C24H24N2O5S2/c1-17-12-19-6-3-4-9-22(19)26(17)33(29,30)21-8-5-7-20(13-21)24(28)31-15-23(27)25(2)14-18-10-11-32-16-18/h3-11,13,16-17H,12,14-15H2,1-2H3/t17-/m1/s1. The summed E-state index contributed by atoms with van der Waals surface area (Å²) in [6, 6.07) is 14.8. The molecule has 172 valence electrons. The van der Waals surface area contributed by atoms with E-state index in [0.29, 0.717) is 18.7 Å². The maximum absolute atomic E-state index is 13.4. The number of para-hydroxylation sites is 1. The third kappa shape index (κ3) is 4.79. The van der Waals surface area contributed by atoms with Crippen molar-refractivity contribution in [3.8, 4) is 0 Å². The van der Waals surface area contributed by atoms with Crippen molar-refractivity contribution in [1.29, 1.82) is 0 Å². The number of likely N-dealkylation sites (N-methyl/N-ethyl adjacent to an activating group) is 1. The van der Waals surface area contributed by atoms with Crippen LogP contribution in [0.1, 0.15) is 28.4 Å². The maximum atomic E-state index is 13.4. The molecular weight excluding hydrogens is 460 g/mol. The van der Waals surface area contributed by atoms with E-state index in [4.69, 9.17) is 4.74 Å². The molecule has 0 aliphatic carbocycles. The quantitative estimate of drug-likeness (QED) is 0.478. The van der Waals surface area contributed by atoms with Crippen molar-refractivity contribution in [3.63, 3.8) is 0 Å². The van der Waals surface area contributed by atoms with Gasteiger partial charge in [-0.05, 0) is 65.6 Å². The highest BCUT2D eigenvalue weighted by atomic mass is 32.2. The predicted octanol–water partition coefficient (Wildman–Crippen LogP) is 3.70. The number of fused-ring (bicyclic) bond motifs is 1. The molecule has 7 nitrogen and oxygen atoms in total. The molecule has 0 saturated carbocycles. The molecule has 0 fully saturated rings. The first kappa shape index (κ1) is 23.0. The van der Waals surface area contributed by atoms with Gasteiger partial charge in [0.1, 0.15) is 0 Å². The van der Waals surface area contributed by atoms with Crippen molar-refractivity contribution < 1.29 is 22.7 Å². The molecule has 9 heteroatoms. The number of thiophene rings is 1. The van der Waals surface area contributed by atoms with Crippen LogP contribution in [0.2, 0.25) is 0 Å². The summed E-state index contributed by atoms with van der Waals surface area (Å²) in [6.45, 7) is 1.85. The maximum Gasteiger partial charge on any atom is 0.338 e. The van der Waals surface area contributed by atoms with Gasteiger partial charge in [-0.3, -0.25) is 9.10 Å². The molecular formula is C24H24N2O5S2. The third-order valence-corrected chi connectivity index (χ3v) is 8.18. The molecule has 2 heterocycles. The van der Waals surface area contributed by atoms with Crippen LogP contribution in [-0.2, 0) is 32.5 Å². The Labute approximate surface area is 197 Å². The number of ether oxygens (including phenoxy) is 1. The van der Waals surface area contributed by atoms with Crippen LogP contribution in [-0.4, -0.2) is 44.9 Å². The van der Waals surface area contributed by atoms with E-state index in [0.717, 1.165) is 11.1 Å². The molecule has 1 aromatic heterocycles. The van der Waals surface area contributed by atoms with Crippen molar-refractivity contribution in [2.24, 2.45) is 0 Å². The average molecular weight is 485 g/mol. The molecule has 1 atom stereocenters. The molecule has 0 spiro atoms. The molecule has 2 aromatic carbocycles. The van der Waals surface area contributed by atoms with Crippen LogP contribution in [0, 0.1) is 0 Å². The lowest BCUT2D eigenvalue weighted by Crippen LogP contribution is -2.35. The monoisotopic (exact) mass is 484 g/mol. The number of anilines is 1. The number of hydrogen-bond donors (Lipinski definition) is 0. The van der Waals surface area contributed by atoms with Crippen LogP contribution < -0.4 is 4.31 Å². The van der Waals surface area contributed by atoms with E-state index in [1.807, 2.05) is 35.9 Å². The van der Waals surface area contributed by atoms with Gasteiger partial charge in [0.2, 0.25) is 0 Å². The van der Waals surface area contributed by atoms with Crippen LogP contribution in [0.25, 0.3) is 0 Å².